The van der Waals surface area contributed by atoms with Crippen LogP contribution in [0.4, 0.5) is 0 Å². The van der Waals surface area contributed by atoms with Crippen LogP contribution in [0, 0.1) is 0 Å². The minimum atomic E-state index is -0.350. The minimum Gasteiger partial charge on any atom is -0.367 e. The Kier molecular flexibility index (Phi) is 2.48. The lowest BCUT2D eigenvalue weighted by molar-refractivity contribution is 0.00768. The Morgan fingerprint density at radius 3 is 2.76 bits per heavy atom. The van der Waals surface area contributed by atoms with Gasteiger partial charge in [0.2, 0.25) is 11.7 Å². The van der Waals surface area contributed by atoms with Crippen LogP contribution in [0.15, 0.2) is 4.52 Å². The highest BCUT2D eigenvalue weighted by atomic mass is 16.5. The monoisotopic (exact) mass is 237 g/mol. The van der Waals surface area contributed by atoms with Gasteiger partial charge < -0.3 is 14.6 Å². The molecule has 0 radical (unpaired) electrons. The highest BCUT2D eigenvalue weighted by molar-refractivity contribution is 5.08. The smallest absolute Gasteiger partial charge is 0.246 e. The molecule has 2 unspecified atom stereocenters. The summed E-state index contributed by atoms with van der Waals surface area (Å²) in [7, 11) is 0. The molecule has 0 bridgehead atoms. The summed E-state index contributed by atoms with van der Waals surface area (Å²) in [5, 5.41) is 7.54. The average Bonchev–Trinajstić information content (AvgIpc) is 2.97. The van der Waals surface area contributed by atoms with Gasteiger partial charge in [0.05, 0.1) is 5.54 Å². The summed E-state index contributed by atoms with van der Waals surface area (Å²) in [6.07, 6.45) is 4.24. The Morgan fingerprint density at radius 2 is 2.12 bits per heavy atom. The molecule has 5 heteroatoms. The summed E-state index contributed by atoms with van der Waals surface area (Å²) < 4.78 is 11.2. The van der Waals surface area contributed by atoms with Crippen molar-refractivity contribution in [2.75, 3.05) is 13.2 Å². The minimum absolute atomic E-state index is 0.153. The van der Waals surface area contributed by atoms with Crippen molar-refractivity contribution in [1.29, 1.82) is 0 Å². The third-order valence-corrected chi connectivity index (χ3v) is 3.96. The average molecular weight is 237 g/mol. The van der Waals surface area contributed by atoms with Crippen molar-refractivity contribution in [3.05, 3.63) is 11.7 Å². The fourth-order valence-electron chi connectivity index (χ4n) is 2.70. The molecule has 0 aliphatic carbocycles. The highest BCUT2D eigenvalue weighted by Crippen LogP contribution is 2.36. The van der Waals surface area contributed by atoms with Crippen molar-refractivity contribution in [2.24, 2.45) is 0 Å². The van der Waals surface area contributed by atoms with E-state index in [0.717, 1.165) is 38.8 Å². The molecule has 94 valence electrons. The number of aromatic nitrogens is 2. The third kappa shape index (κ3) is 1.77. The van der Waals surface area contributed by atoms with Gasteiger partial charge in [-0.05, 0) is 46.1 Å². The van der Waals surface area contributed by atoms with E-state index >= 15 is 0 Å². The molecule has 3 rings (SSSR count). The normalized spacial score (nSPS) is 37.8. The van der Waals surface area contributed by atoms with Gasteiger partial charge >= 0.3 is 0 Å². The summed E-state index contributed by atoms with van der Waals surface area (Å²) in [6.45, 7) is 5.96. The first-order chi connectivity index (χ1) is 8.12. The topological polar surface area (TPSA) is 60.2 Å². The van der Waals surface area contributed by atoms with E-state index in [1.54, 1.807) is 0 Å². The zero-order valence-electron chi connectivity index (χ0n) is 10.5. The number of nitrogens with zero attached hydrogens (tertiary/aromatic N) is 2. The van der Waals surface area contributed by atoms with Gasteiger partial charge in [0, 0.05) is 6.61 Å². The lowest BCUT2D eigenvalue weighted by atomic mass is 9.99. The van der Waals surface area contributed by atoms with Gasteiger partial charge in [0.15, 0.2) is 0 Å². The third-order valence-electron chi connectivity index (χ3n) is 3.96. The highest BCUT2D eigenvalue weighted by Gasteiger charge is 2.40. The van der Waals surface area contributed by atoms with Crippen molar-refractivity contribution >= 4 is 0 Å². The summed E-state index contributed by atoms with van der Waals surface area (Å²) in [5.74, 6) is 1.39. The summed E-state index contributed by atoms with van der Waals surface area (Å²) in [6, 6.07) is 0. The van der Waals surface area contributed by atoms with Gasteiger partial charge in [0.1, 0.15) is 5.60 Å². The van der Waals surface area contributed by atoms with E-state index in [-0.39, 0.29) is 11.1 Å². The largest absolute Gasteiger partial charge is 0.367 e. The van der Waals surface area contributed by atoms with Crippen molar-refractivity contribution in [1.82, 2.24) is 15.5 Å². The zero-order valence-corrected chi connectivity index (χ0v) is 10.5. The SMILES string of the molecule is CC1(c2nc(C3(C)CCCO3)no2)CCCN1. The summed E-state index contributed by atoms with van der Waals surface area (Å²) in [4.78, 5) is 4.55. The molecule has 2 aliphatic heterocycles. The molecule has 2 saturated heterocycles. The van der Waals surface area contributed by atoms with Gasteiger partial charge in [0.25, 0.3) is 0 Å². The van der Waals surface area contributed by atoms with Crippen LogP contribution in [0.3, 0.4) is 0 Å². The molecule has 0 saturated carbocycles. The zero-order chi connectivity index (χ0) is 11.9. The van der Waals surface area contributed by atoms with E-state index in [1.807, 2.05) is 6.92 Å². The number of hydrogen-bond donors (Lipinski definition) is 1. The lowest BCUT2D eigenvalue weighted by Gasteiger charge is -2.19. The Labute approximate surface area is 101 Å². The first-order valence-electron chi connectivity index (χ1n) is 6.36. The molecule has 0 amide bonds. The molecule has 0 aromatic carbocycles. The Morgan fingerprint density at radius 1 is 1.24 bits per heavy atom. The van der Waals surface area contributed by atoms with Crippen molar-refractivity contribution in [2.45, 2.75) is 50.7 Å². The molecular weight excluding hydrogens is 218 g/mol. The molecular formula is C12H19N3O2. The van der Waals surface area contributed by atoms with Gasteiger partial charge in [-0.15, -0.1) is 0 Å². The quantitative estimate of drug-likeness (QED) is 0.848. The van der Waals surface area contributed by atoms with Crippen molar-refractivity contribution in [3.63, 3.8) is 0 Å². The van der Waals surface area contributed by atoms with Crippen LogP contribution in [0.5, 0.6) is 0 Å². The predicted octanol–water partition coefficient (Wildman–Crippen LogP) is 1.69. The second-order valence-corrected chi connectivity index (χ2v) is 5.47. The van der Waals surface area contributed by atoms with Gasteiger partial charge in [-0.3, -0.25) is 0 Å². The molecule has 2 fully saturated rings. The van der Waals surface area contributed by atoms with Crippen LogP contribution in [-0.2, 0) is 15.9 Å². The molecule has 1 aromatic rings. The van der Waals surface area contributed by atoms with Crippen LogP contribution >= 0.6 is 0 Å². The predicted molar refractivity (Wildman–Crippen MR) is 61.4 cm³/mol. The number of nitrogens with one attached hydrogen (secondary N) is 1. The van der Waals surface area contributed by atoms with Gasteiger partial charge in [-0.25, -0.2) is 0 Å². The van der Waals surface area contributed by atoms with E-state index in [1.165, 1.54) is 0 Å². The van der Waals surface area contributed by atoms with Crippen molar-refractivity contribution in [3.8, 4) is 0 Å². The van der Waals surface area contributed by atoms with Crippen LogP contribution < -0.4 is 5.32 Å². The van der Waals surface area contributed by atoms with E-state index < -0.39 is 0 Å². The summed E-state index contributed by atoms with van der Waals surface area (Å²) in [5.41, 5.74) is -0.503. The maximum Gasteiger partial charge on any atom is 0.246 e. The fraction of sp³-hybridized carbons (Fsp3) is 0.833. The number of rotatable bonds is 2. The standard InChI is InChI=1S/C12H19N3O2/c1-11(5-3-7-13-11)10-14-9(15-17-10)12(2)6-4-8-16-12/h13H,3-8H2,1-2H3. The van der Waals surface area contributed by atoms with E-state index in [4.69, 9.17) is 9.26 Å². The van der Waals surface area contributed by atoms with E-state index in [0.29, 0.717) is 11.7 Å². The Hall–Kier alpha value is -0.940. The first-order valence-corrected chi connectivity index (χ1v) is 6.36. The Bertz CT molecular complexity index is 367. The van der Waals surface area contributed by atoms with Gasteiger partial charge in [-0.2, -0.15) is 4.98 Å². The van der Waals surface area contributed by atoms with E-state index in [9.17, 15) is 0 Å². The van der Waals surface area contributed by atoms with Gasteiger partial charge in [-0.1, -0.05) is 5.16 Å². The second-order valence-electron chi connectivity index (χ2n) is 5.47. The lowest BCUT2D eigenvalue weighted by Crippen LogP contribution is -2.33. The number of ether oxygens (including phenoxy) is 1. The molecule has 1 N–H and O–H groups in total. The Balaban J connectivity index is 1.87. The maximum absolute atomic E-state index is 5.73. The van der Waals surface area contributed by atoms with E-state index in [2.05, 4.69) is 22.4 Å². The fourth-order valence-corrected chi connectivity index (χ4v) is 2.70. The molecule has 17 heavy (non-hydrogen) atoms. The molecule has 1 aromatic heterocycles. The number of hydrogen-bond acceptors (Lipinski definition) is 5. The van der Waals surface area contributed by atoms with Crippen LogP contribution in [0.25, 0.3) is 0 Å². The second kappa shape index (κ2) is 3.78. The molecule has 2 atom stereocenters. The van der Waals surface area contributed by atoms with Crippen molar-refractivity contribution < 1.29 is 9.26 Å². The van der Waals surface area contributed by atoms with Crippen LogP contribution in [0.2, 0.25) is 0 Å². The van der Waals surface area contributed by atoms with Crippen LogP contribution in [0.1, 0.15) is 51.2 Å². The maximum atomic E-state index is 5.73. The van der Waals surface area contributed by atoms with Crippen LogP contribution in [-0.4, -0.2) is 23.3 Å². The first kappa shape index (κ1) is 11.2. The molecule has 5 nitrogen and oxygen atoms in total. The molecule has 0 spiro atoms. The summed E-state index contributed by atoms with van der Waals surface area (Å²) >= 11 is 0. The molecule has 3 heterocycles. The molecule has 2 aliphatic rings.